The van der Waals surface area contributed by atoms with Crippen LogP contribution in [0.3, 0.4) is 0 Å². The fourth-order valence-corrected chi connectivity index (χ4v) is 4.72. The van der Waals surface area contributed by atoms with Crippen LogP contribution in [0.2, 0.25) is 0 Å². The van der Waals surface area contributed by atoms with E-state index >= 15 is 0 Å². The highest BCUT2D eigenvalue weighted by molar-refractivity contribution is 8.01. The lowest BCUT2D eigenvalue weighted by Crippen LogP contribution is -2.15. The zero-order valence-corrected chi connectivity index (χ0v) is 17.0. The number of esters is 1. The van der Waals surface area contributed by atoms with Gasteiger partial charge in [-0.05, 0) is 32.3 Å². The van der Waals surface area contributed by atoms with E-state index in [9.17, 15) is 9.59 Å². The Labute approximate surface area is 163 Å². The zero-order chi connectivity index (χ0) is 18.5. The number of carbonyl (C=O) groups is 2. The standard InChI is InChI=1S/C16H20N4O3S3/c1-3-10-7-11(14(22)23-4-2)13(25-10)18-12(21)8-24-16-20-19-15(26-16)17-9-5-6-9/h7,9H,3-6,8H2,1-2H3,(H,17,19)(H,18,21). The van der Waals surface area contributed by atoms with Crippen molar-refractivity contribution in [3.8, 4) is 0 Å². The van der Waals surface area contributed by atoms with Crippen LogP contribution in [0.5, 0.6) is 0 Å². The number of thiophene rings is 1. The van der Waals surface area contributed by atoms with Crippen LogP contribution in [-0.2, 0) is 16.0 Å². The number of carbonyl (C=O) groups excluding carboxylic acids is 2. The van der Waals surface area contributed by atoms with Crippen LogP contribution in [0.4, 0.5) is 10.1 Å². The summed E-state index contributed by atoms with van der Waals surface area (Å²) in [6.07, 6.45) is 3.14. The molecule has 0 aromatic carbocycles. The average molecular weight is 413 g/mol. The van der Waals surface area contributed by atoms with Crippen molar-refractivity contribution in [1.82, 2.24) is 10.2 Å². The lowest BCUT2D eigenvalue weighted by atomic mass is 10.2. The first kappa shape index (κ1) is 19.1. The first-order valence-electron chi connectivity index (χ1n) is 8.41. The lowest BCUT2D eigenvalue weighted by Gasteiger charge is -2.05. The Morgan fingerprint density at radius 3 is 2.81 bits per heavy atom. The first-order chi connectivity index (χ1) is 12.6. The van der Waals surface area contributed by atoms with Crippen molar-refractivity contribution < 1.29 is 14.3 Å². The highest BCUT2D eigenvalue weighted by Crippen LogP contribution is 2.32. The molecule has 0 radical (unpaired) electrons. The van der Waals surface area contributed by atoms with Gasteiger partial charge >= 0.3 is 5.97 Å². The van der Waals surface area contributed by atoms with Gasteiger partial charge in [-0.25, -0.2) is 4.79 Å². The molecule has 1 amide bonds. The van der Waals surface area contributed by atoms with Gasteiger partial charge in [0.25, 0.3) is 0 Å². The van der Waals surface area contributed by atoms with Crippen LogP contribution in [0, 0.1) is 0 Å². The molecule has 140 valence electrons. The number of nitrogens with zero attached hydrogens (tertiary/aromatic N) is 2. The van der Waals surface area contributed by atoms with E-state index in [1.54, 1.807) is 13.0 Å². The third kappa shape index (κ3) is 5.18. The number of nitrogens with one attached hydrogen (secondary N) is 2. The molecule has 1 aliphatic carbocycles. The summed E-state index contributed by atoms with van der Waals surface area (Å²) in [5.74, 6) is -0.386. The van der Waals surface area contributed by atoms with Gasteiger partial charge < -0.3 is 15.4 Å². The van der Waals surface area contributed by atoms with Crippen molar-refractivity contribution in [1.29, 1.82) is 0 Å². The van der Waals surface area contributed by atoms with Gasteiger partial charge in [-0.15, -0.1) is 21.5 Å². The molecule has 2 heterocycles. The minimum atomic E-state index is -0.411. The maximum atomic E-state index is 12.3. The van der Waals surface area contributed by atoms with E-state index in [1.165, 1.54) is 47.3 Å². The zero-order valence-electron chi connectivity index (χ0n) is 14.5. The molecule has 26 heavy (non-hydrogen) atoms. The number of amides is 1. The molecule has 0 aliphatic heterocycles. The number of anilines is 2. The number of rotatable bonds is 9. The van der Waals surface area contributed by atoms with Crippen molar-refractivity contribution in [3.63, 3.8) is 0 Å². The molecule has 3 rings (SSSR count). The summed E-state index contributed by atoms with van der Waals surface area (Å²) in [4.78, 5) is 25.4. The van der Waals surface area contributed by atoms with Gasteiger partial charge in [-0.3, -0.25) is 4.79 Å². The van der Waals surface area contributed by atoms with Crippen molar-refractivity contribution in [2.24, 2.45) is 0 Å². The monoisotopic (exact) mass is 412 g/mol. The molecule has 1 saturated carbocycles. The van der Waals surface area contributed by atoms with Crippen LogP contribution in [0.25, 0.3) is 0 Å². The highest BCUT2D eigenvalue weighted by atomic mass is 32.2. The third-order valence-corrected chi connectivity index (χ3v) is 6.70. The molecule has 0 spiro atoms. The second-order valence-electron chi connectivity index (χ2n) is 5.66. The maximum absolute atomic E-state index is 12.3. The summed E-state index contributed by atoms with van der Waals surface area (Å²) in [5.41, 5.74) is 0.416. The summed E-state index contributed by atoms with van der Waals surface area (Å²) in [7, 11) is 0. The topological polar surface area (TPSA) is 93.2 Å². The molecule has 1 aliphatic rings. The largest absolute Gasteiger partial charge is 0.462 e. The number of aromatic nitrogens is 2. The molecular formula is C16H20N4O3S3. The number of ether oxygens (including phenoxy) is 1. The minimum Gasteiger partial charge on any atom is -0.462 e. The normalized spacial score (nSPS) is 13.5. The van der Waals surface area contributed by atoms with Crippen molar-refractivity contribution in [2.45, 2.75) is 43.5 Å². The van der Waals surface area contributed by atoms with Crippen LogP contribution < -0.4 is 10.6 Å². The Kier molecular flexibility index (Phi) is 6.49. The molecule has 7 nitrogen and oxygen atoms in total. The number of hydrogen-bond donors (Lipinski definition) is 2. The van der Waals surface area contributed by atoms with Gasteiger partial charge in [0, 0.05) is 10.9 Å². The SMILES string of the molecule is CCOC(=O)c1cc(CC)sc1NC(=O)CSc1nnc(NC2CC2)s1. The van der Waals surface area contributed by atoms with E-state index in [0.717, 1.165) is 20.8 Å². The van der Waals surface area contributed by atoms with Crippen LogP contribution >= 0.6 is 34.4 Å². The van der Waals surface area contributed by atoms with Crippen molar-refractivity contribution >= 4 is 56.4 Å². The Balaban J connectivity index is 1.56. The van der Waals surface area contributed by atoms with E-state index in [4.69, 9.17) is 4.74 Å². The summed E-state index contributed by atoms with van der Waals surface area (Å²) >= 11 is 4.19. The van der Waals surface area contributed by atoms with Gasteiger partial charge in [0.15, 0.2) is 4.34 Å². The minimum absolute atomic E-state index is 0.183. The van der Waals surface area contributed by atoms with E-state index in [-0.39, 0.29) is 11.7 Å². The molecule has 0 unspecified atom stereocenters. The summed E-state index contributed by atoms with van der Waals surface area (Å²) in [5, 5.41) is 15.6. The van der Waals surface area contributed by atoms with E-state index in [2.05, 4.69) is 20.8 Å². The lowest BCUT2D eigenvalue weighted by molar-refractivity contribution is -0.113. The molecule has 10 heteroatoms. The maximum Gasteiger partial charge on any atom is 0.341 e. The Bertz CT molecular complexity index is 786. The highest BCUT2D eigenvalue weighted by Gasteiger charge is 2.23. The predicted octanol–water partition coefficient (Wildman–Crippen LogP) is 3.64. The van der Waals surface area contributed by atoms with Gasteiger partial charge in [0.05, 0.1) is 17.9 Å². The summed E-state index contributed by atoms with van der Waals surface area (Å²) in [6, 6.07) is 2.31. The quantitative estimate of drug-likeness (QED) is 0.480. The summed E-state index contributed by atoms with van der Waals surface area (Å²) < 4.78 is 5.81. The molecule has 1 fully saturated rings. The molecule has 2 N–H and O–H groups in total. The van der Waals surface area contributed by atoms with Gasteiger partial charge in [-0.2, -0.15) is 0 Å². The third-order valence-electron chi connectivity index (χ3n) is 3.52. The van der Waals surface area contributed by atoms with Gasteiger partial charge in [0.1, 0.15) is 5.00 Å². The van der Waals surface area contributed by atoms with E-state index < -0.39 is 5.97 Å². The Hall–Kier alpha value is -1.65. The predicted molar refractivity (Wildman–Crippen MR) is 106 cm³/mol. The summed E-state index contributed by atoms with van der Waals surface area (Å²) in [6.45, 7) is 4.06. The molecule has 2 aromatic rings. The molecule has 0 bridgehead atoms. The Morgan fingerprint density at radius 2 is 2.12 bits per heavy atom. The van der Waals surface area contributed by atoms with E-state index in [1.807, 2.05) is 6.92 Å². The second kappa shape index (κ2) is 8.83. The molecular weight excluding hydrogens is 392 g/mol. The van der Waals surface area contributed by atoms with Crippen molar-refractivity contribution in [2.75, 3.05) is 23.0 Å². The Morgan fingerprint density at radius 1 is 1.31 bits per heavy atom. The number of aryl methyl sites for hydroxylation is 1. The molecule has 0 saturated heterocycles. The first-order valence-corrected chi connectivity index (χ1v) is 11.0. The van der Waals surface area contributed by atoms with E-state index in [0.29, 0.717) is 23.2 Å². The second-order valence-corrected chi connectivity index (χ2v) is 8.99. The van der Waals surface area contributed by atoms with Crippen LogP contribution in [-0.4, -0.2) is 40.5 Å². The molecule has 2 aromatic heterocycles. The van der Waals surface area contributed by atoms with Crippen LogP contribution in [0.15, 0.2) is 10.4 Å². The number of hydrogen-bond acceptors (Lipinski definition) is 9. The fraction of sp³-hybridized carbons (Fsp3) is 0.500. The smallest absolute Gasteiger partial charge is 0.341 e. The molecule has 0 atom stereocenters. The van der Waals surface area contributed by atoms with Gasteiger partial charge in [-0.1, -0.05) is 30.0 Å². The fourth-order valence-electron chi connectivity index (χ4n) is 2.09. The number of thioether (sulfide) groups is 1. The average Bonchev–Trinajstić information content (AvgIpc) is 3.16. The van der Waals surface area contributed by atoms with Crippen LogP contribution in [0.1, 0.15) is 41.9 Å². The van der Waals surface area contributed by atoms with Gasteiger partial charge in [0.2, 0.25) is 11.0 Å². The van der Waals surface area contributed by atoms with Crippen molar-refractivity contribution in [3.05, 3.63) is 16.5 Å².